The Hall–Kier alpha value is -0.840. The van der Waals surface area contributed by atoms with Gasteiger partial charge in [0.15, 0.2) is 0 Å². The van der Waals surface area contributed by atoms with Gasteiger partial charge >= 0.3 is 0 Å². The zero-order valence-corrected chi connectivity index (χ0v) is 13.0. The monoisotopic (exact) mass is 324 g/mol. The number of nitrogens with two attached hydrogens (primary N) is 1. The Morgan fingerprint density at radius 3 is 2.63 bits per heavy atom. The minimum Gasteiger partial charge on any atom is -0.458 e. The van der Waals surface area contributed by atoms with E-state index in [2.05, 4.69) is 47.3 Å². The number of hydrogen-bond donors (Lipinski definition) is 2. The number of benzene rings is 1. The molecule has 1 unspecified atom stereocenters. The highest BCUT2D eigenvalue weighted by Crippen LogP contribution is 2.32. The van der Waals surface area contributed by atoms with Crippen molar-refractivity contribution in [2.24, 2.45) is 11.8 Å². The molecule has 0 spiro atoms. The zero-order valence-electron chi connectivity index (χ0n) is 11.4. The molecular weight excluding hydrogens is 304 g/mol. The van der Waals surface area contributed by atoms with E-state index in [9.17, 15) is 0 Å². The fourth-order valence-electron chi connectivity index (χ4n) is 2.44. The van der Waals surface area contributed by atoms with Crippen LogP contribution in [0.4, 0.5) is 0 Å². The Morgan fingerprint density at radius 2 is 2.05 bits per heavy atom. The molecule has 1 aromatic carbocycles. The minimum atomic E-state index is 0.0733. The van der Waals surface area contributed by atoms with Crippen LogP contribution in [0.5, 0.6) is 0 Å². The maximum absolute atomic E-state index is 5.95. The molecule has 0 aliphatic rings. The fraction of sp³-hybridized carbons (Fsp3) is 0.467. The van der Waals surface area contributed by atoms with Crippen LogP contribution in [0.15, 0.2) is 33.2 Å². The standard InChI is InChI=1S/C15H21BrN2O/c1-3-10(4-2)8-13(18-17)14-9-11-6-5-7-12(16)15(11)19-14/h5-7,9-10,13,18H,3-4,8,17H2,1-2H3. The molecule has 19 heavy (non-hydrogen) atoms. The Labute approximate surface area is 122 Å². The molecular formula is C15H21BrN2O. The van der Waals surface area contributed by atoms with Gasteiger partial charge in [-0.2, -0.15) is 0 Å². The minimum absolute atomic E-state index is 0.0733. The van der Waals surface area contributed by atoms with Gasteiger partial charge in [-0.15, -0.1) is 0 Å². The molecule has 3 N–H and O–H groups in total. The highest BCUT2D eigenvalue weighted by Gasteiger charge is 2.19. The van der Waals surface area contributed by atoms with Gasteiger partial charge in [0.1, 0.15) is 11.3 Å². The van der Waals surface area contributed by atoms with Crippen LogP contribution in [0.2, 0.25) is 0 Å². The van der Waals surface area contributed by atoms with Gasteiger partial charge in [0.05, 0.1) is 10.5 Å². The molecule has 0 amide bonds. The summed E-state index contributed by atoms with van der Waals surface area (Å²) in [5.41, 5.74) is 3.78. The van der Waals surface area contributed by atoms with Crippen molar-refractivity contribution in [1.82, 2.24) is 5.43 Å². The van der Waals surface area contributed by atoms with E-state index in [1.165, 1.54) is 12.8 Å². The van der Waals surface area contributed by atoms with E-state index in [-0.39, 0.29) is 6.04 Å². The number of furan rings is 1. The van der Waals surface area contributed by atoms with Crippen molar-refractivity contribution in [3.63, 3.8) is 0 Å². The number of para-hydroxylation sites is 1. The van der Waals surface area contributed by atoms with Crippen LogP contribution < -0.4 is 11.3 Å². The lowest BCUT2D eigenvalue weighted by Crippen LogP contribution is -2.29. The van der Waals surface area contributed by atoms with Gasteiger partial charge in [0, 0.05) is 5.39 Å². The van der Waals surface area contributed by atoms with Gasteiger partial charge in [-0.25, -0.2) is 5.43 Å². The maximum Gasteiger partial charge on any atom is 0.148 e. The van der Waals surface area contributed by atoms with E-state index in [4.69, 9.17) is 10.3 Å². The number of fused-ring (bicyclic) bond motifs is 1. The second kappa shape index (κ2) is 6.55. The van der Waals surface area contributed by atoms with Crippen molar-refractivity contribution in [2.75, 3.05) is 0 Å². The molecule has 0 saturated carbocycles. The van der Waals surface area contributed by atoms with Crippen molar-refractivity contribution in [1.29, 1.82) is 0 Å². The van der Waals surface area contributed by atoms with E-state index in [1.54, 1.807) is 0 Å². The maximum atomic E-state index is 5.95. The summed E-state index contributed by atoms with van der Waals surface area (Å²) < 4.78 is 6.93. The molecule has 3 nitrogen and oxygen atoms in total. The van der Waals surface area contributed by atoms with Crippen LogP contribution >= 0.6 is 15.9 Å². The number of halogens is 1. The molecule has 2 aromatic rings. The summed E-state index contributed by atoms with van der Waals surface area (Å²) in [5.74, 6) is 7.28. The smallest absolute Gasteiger partial charge is 0.148 e. The first-order chi connectivity index (χ1) is 9.19. The average molecular weight is 325 g/mol. The first-order valence-electron chi connectivity index (χ1n) is 6.83. The predicted octanol–water partition coefficient (Wildman–Crippen LogP) is 4.53. The lowest BCUT2D eigenvalue weighted by molar-refractivity contribution is 0.337. The first-order valence-corrected chi connectivity index (χ1v) is 7.62. The summed E-state index contributed by atoms with van der Waals surface area (Å²) in [6.07, 6.45) is 3.33. The van der Waals surface area contributed by atoms with Gasteiger partial charge < -0.3 is 4.42 Å². The van der Waals surface area contributed by atoms with Crippen molar-refractivity contribution < 1.29 is 4.42 Å². The second-order valence-electron chi connectivity index (χ2n) is 4.94. The fourth-order valence-corrected chi connectivity index (χ4v) is 2.90. The van der Waals surface area contributed by atoms with E-state index >= 15 is 0 Å². The van der Waals surface area contributed by atoms with Gasteiger partial charge in [0.2, 0.25) is 0 Å². The molecule has 104 valence electrons. The second-order valence-corrected chi connectivity index (χ2v) is 5.80. The van der Waals surface area contributed by atoms with Crippen LogP contribution in [0.25, 0.3) is 11.0 Å². The van der Waals surface area contributed by atoms with Crippen LogP contribution in [0.1, 0.15) is 44.9 Å². The number of nitrogens with one attached hydrogen (secondary N) is 1. The van der Waals surface area contributed by atoms with Crippen molar-refractivity contribution >= 4 is 26.9 Å². The van der Waals surface area contributed by atoms with E-state index in [0.717, 1.165) is 27.6 Å². The predicted molar refractivity (Wildman–Crippen MR) is 82.7 cm³/mol. The van der Waals surface area contributed by atoms with E-state index in [0.29, 0.717) is 5.92 Å². The third-order valence-corrected chi connectivity index (χ3v) is 4.41. The highest BCUT2D eigenvalue weighted by molar-refractivity contribution is 9.10. The zero-order chi connectivity index (χ0) is 13.8. The topological polar surface area (TPSA) is 51.2 Å². The number of rotatable bonds is 6. The third-order valence-electron chi connectivity index (χ3n) is 3.78. The van der Waals surface area contributed by atoms with E-state index < -0.39 is 0 Å². The summed E-state index contributed by atoms with van der Waals surface area (Å²) in [6, 6.07) is 8.20. The molecule has 4 heteroatoms. The molecule has 0 fully saturated rings. The van der Waals surface area contributed by atoms with Crippen LogP contribution in [-0.2, 0) is 0 Å². The van der Waals surface area contributed by atoms with Gasteiger partial charge in [-0.05, 0) is 40.4 Å². The molecule has 0 aliphatic carbocycles. The van der Waals surface area contributed by atoms with E-state index in [1.807, 2.05) is 12.1 Å². The molecule has 1 aromatic heterocycles. The Balaban J connectivity index is 2.28. The summed E-state index contributed by atoms with van der Waals surface area (Å²) in [7, 11) is 0. The Morgan fingerprint density at radius 1 is 1.32 bits per heavy atom. The van der Waals surface area contributed by atoms with Crippen molar-refractivity contribution in [3.8, 4) is 0 Å². The summed E-state index contributed by atoms with van der Waals surface area (Å²) in [6.45, 7) is 4.44. The van der Waals surface area contributed by atoms with Crippen LogP contribution in [0, 0.1) is 5.92 Å². The van der Waals surface area contributed by atoms with Crippen LogP contribution in [-0.4, -0.2) is 0 Å². The lowest BCUT2D eigenvalue weighted by atomic mass is 9.94. The molecule has 0 saturated heterocycles. The highest BCUT2D eigenvalue weighted by atomic mass is 79.9. The molecule has 0 bridgehead atoms. The third kappa shape index (κ3) is 3.19. The molecule has 1 atom stereocenters. The number of hydrazine groups is 1. The average Bonchev–Trinajstić information content (AvgIpc) is 2.85. The normalized spacial score (nSPS) is 13.3. The Kier molecular flexibility index (Phi) is 5.02. The Bertz CT molecular complexity index is 534. The summed E-state index contributed by atoms with van der Waals surface area (Å²) >= 11 is 3.51. The first kappa shape index (κ1) is 14.6. The van der Waals surface area contributed by atoms with Crippen molar-refractivity contribution in [2.45, 2.75) is 39.2 Å². The number of hydrogen-bond acceptors (Lipinski definition) is 3. The van der Waals surface area contributed by atoms with Gasteiger partial charge in [0.25, 0.3) is 0 Å². The molecule has 2 rings (SSSR count). The lowest BCUT2D eigenvalue weighted by Gasteiger charge is -2.19. The quantitative estimate of drug-likeness (QED) is 0.606. The molecule has 0 aliphatic heterocycles. The SMILES string of the molecule is CCC(CC)CC(NN)c1cc2cccc(Br)c2o1. The molecule has 1 heterocycles. The van der Waals surface area contributed by atoms with Gasteiger partial charge in [-0.1, -0.05) is 38.8 Å². The summed E-state index contributed by atoms with van der Waals surface area (Å²) in [4.78, 5) is 0. The summed E-state index contributed by atoms with van der Waals surface area (Å²) in [5, 5.41) is 1.11. The van der Waals surface area contributed by atoms with Crippen molar-refractivity contribution in [3.05, 3.63) is 34.5 Å². The largest absolute Gasteiger partial charge is 0.458 e. The molecule has 0 radical (unpaired) electrons. The van der Waals surface area contributed by atoms with Gasteiger partial charge in [-0.3, -0.25) is 5.84 Å². The van der Waals surface area contributed by atoms with Crippen LogP contribution in [0.3, 0.4) is 0 Å².